The Kier molecular flexibility index (Phi) is 8.24. The highest BCUT2D eigenvalue weighted by Gasteiger charge is 2.43. The van der Waals surface area contributed by atoms with E-state index in [0.29, 0.717) is 25.4 Å². The molecule has 6 atom stereocenters. The lowest BCUT2D eigenvalue weighted by atomic mass is 9.86. The van der Waals surface area contributed by atoms with Crippen molar-refractivity contribution in [3.8, 4) is 5.75 Å². The van der Waals surface area contributed by atoms with Gasteiger partial charge >= 0.3 is 5.97 Å². The maximum Gasteiger partial charge on any atom is 0.303 e. The second-order valence-corrected chi connectivity index (χ2v) is 8.34. The third kappa shape index (κ3) is 6.27. The van der Waals surface area contributed by atoms with Crippen molar-refractivity contribution in [3.63, 3.8) is 0 Å². The number of para-hydroxylation sites is 1. The number of aliphatic hydroxyl groups excluding tert-OH is 2. The predicted molar refractivity (Wildman–Crippen MR) is 109 cm³/mol. The molecule has 1 aliphatic heterocycles. The van der Waals surface area contributed by atoms with Crippen LogP contribution in [-0.2, 0) is 9.53 Å². The number of hydrogen-bond donors (Lipinski definition) is 3. The van der Waals surface area contributed by atoms with Gasteiger partial charge in [0.05, 0.1) is 12.2 Å². The molecule has 6 nitrogen and oxygen atoms in total. The molecule has 2 fully saturated rings. The number of carboxylic acids is 1. The molecule has 3 rings (SSSR count). The highest BCUT2D eigenvalue weighted by molar-refractivity contribution is 5.66. The highest BCUT2D eigenvalue weighted by atomic mass is 19.1. The van der Waals surface area contributed by atoms with Gasteiger partial charge in [-0.2, -0.15) is 0 Å². The zero-order valence-corrected chi connectivity index (χ0v) is 17.0. The molecular weight excluding hydrogens is 391 g/mol. The fraction of sp³-hybridized carbons (Fsp3) is 0.609. The van der Waals surface area contributed by atoms with Crippen molar-refractivity contribution in [2.24, 2.45) is 17.8 Å². The Morgan fingerprint density at radius 2 is 2.13 bits per heavy atom. The van der Waals surface area contributed by atoms with Crippen LogP contribution < -0.4 is 4.74 Å². The fourth-order valence-electron chi connectivity index (χ4n) is 4.53. The van der Waals surface area contributed by atoms with E-state index in [-0.39, 0.29) is 36.7 Å². The molecule has 0 aromatic heterocycles. The Bertz CT molecular complexity index is 723. The summed E-state index contributed by atoms with van der Waals surface area (Å²) in [6.07, 6.45) is 6.04. The van der Waals surface area contributed by atoms with Crippen LogP contribution in [0.5, 0.6) is 5.75 Å². The highest BCUT2D eigenvalue weighted by Crippen LogP contribution is 2.42. The van der Waals surface area contributed by atoms with Gasteiger partial charge in [0.15, 0.2) is 11.6 Å². The van der Waals surface area contributed by atoms with E-state index in [0.717, 1.165) is 19.3 Å². The molecule has 0 spiro atoms. The second kappa shape index (κ2) is 10.9. The first-order valence-electron chi connectivity index (χ1n) is 10.7. The third-order valence-electron chi connectivity index (χ3n) is 6.15. The number of aliphatic carboxylic acids is 1. The zero-order valence-electron chi connectivity index (χ0n) is 17.0. The summed E-state index contributed by atoms with van der Waals surface area (Å²) in [5, 5.41) is 29.5. The van der Waals surface area contributed by atoms with E-state index in [1.54, 1.807) is 18.2 Å². The average molecular weight is 422 g/mol. The number of ether oxygens (including phenoxy) is 2. The molecule has 1 aliphatic carbocycles. The summed E-state index contributed by atoms with van der Waals surface area (Å²) >= 11 is 0. The number of hydrogen-bond acceptors (Lipinski definition) is 5. The zero-order chi connectivity index (χ0) is 21.5. The molecule has 2 aliphatic rings. The van der Waals surface area contributed by atoms with Gasteiger partial charge in [-0.3, -0.25) is 4.79 Å². The van der Waals surface area contributed by atoms with Crippen molar-refractivity contribution >= 4 is 5.97 Å². The first-order valence-corrected chi connectivity index (χ1v) is 10.7. The molecule has 0 amide bonds. The van der Waals surface area contributed by atoms with E-state index >= 15 is 0 Å². The Balaban J connectivity index is 1.50. The summed E-state index contributed by atoms with van der Waals surface area (Å²) in [6.45, 7) is 0.527. The monoisotopic (exact) mass is 422 g/mol. The average Bonchev–Trinajstić information content (AvgIpc) is 2.87. The van der Waals surface area contributed by atoms with Crippen LogP contribution in [0.15, 0.2) is 36.4 Å². The van der Waals surface area contributed by atoms with Crippen LogP contribution >= 0.6 is 0 Å². The van der Waals surface area contributed by atoms with Gasteiger partial charge in [-0.15, -0.1) is 0 Å². The quantitative estimate of drug-likeness (QED) is 0.529. The van der Waals surface area contributed by atoms with Gasteiger partial charge in [0.1, 0.15) is 12.7 Å². The van der Waals surface area contributed by atoms with Gasteiger partial charge in [-0.05, 0) is 49.7 Å². The van der Waals surface area contributed by atoms with E-state index in [4.69, 9.17) is 14.6 Å². The van der Waals surface area contributed by atoms with Crippen LogP contribution in [0.4, 0.5) is 4.39 Å². The summed E-state index contributed by atoms with van der Waals surface area (Å²) in [5.41, 5.74) is 0. The lowest BCUT2D eigenvalue weighted by Crippen LogP contribution is -2.22. The molecule has 0 radical (unpaired) electrons. The van der Waals surface area contributed by atoms with Gasteiger partial charge in [-0.1, -0.05) is 24.3 Å². The van der Waals surface area contributed by atoms with Crippen molar-refractivity contribution < 1.29 is 34.0 Å². The lowest BCUT2D eigenvalue weighted by Gasteiger charge is -2.21. The maximum atomic E-state index is 13.6. The van der Waals surface area contributed by atoms with Crippen molar-refractivity contribution in [3.05, 3.63) is 42.2 Å². The number of rotatable bonds is 9. The largest absolute Gasteiger partial charge is 0.487 e. The Hall–Kier alpha value is -1.96. The molecule has 3 N–H and O–H groups in total. The molecule has 1 saturated carbocycles. The number of carboxylic acid groups (broad SMARTS) is 1. The van der Waals surface area contributed by atoms with E-state index in [1.807, 2.05) is 6.08 Å². The number of carbonyl (C=O) groups is 1. The van der Waals surface area contributed by atoms with Gasteiger partial charge in [0.2, 0.25) is 0 Å². The first kappa shape index (κ1) is 22.7. The predicted octanol–water partition coefficient (Wildman–Crippen LogP) is 3.17. The molecule has 7 heteroatoms. The molecule has 1 aromatic carbocycles. The van der Waals surface area contributed by atoms with E-state index in [9.17, 15) is 19.4 Å². The summed E-state index contributed by atoms with van der Waals surface area (Å²) in [5.74, 6) is -0.756. The summed E-state index contributed by atoms with van der Waals surface area (Å²) in [4.78, 5) is 10.7. The van der Waals surface area contributed by atoms with Crippen molar-refractivity contribution in [1.29, 1.82) is 0 Å². The number of halogens is 1. The van der Waals surface area contributed by atoms with Crippen LogP contribution in [0.25, 0.3) is 0 Å². The normalized spacial score (nSPS) is 30.0. The molecular formula is C23H31FO6. The van der Waals surface area contributed by atoms with Crippen LogP contribution in [0.2, 0.25) is 0 Å². The van der Waals surface area contributed by atoms with Gasteiger partial charge in [0, 0.05) is 25.4 Å². The summed E-state index contributed by atoms with van der Waals surface area (Å²) in [6, 6.07) is 6.04. The number of benzene rings is 1. The minimum Gasteiger partial charge on any atom is -0.487 e. The van der Waals surface area contributed by atoms with E-state index < -0.39 is 24.0 Å². The Labute approximate surface area is 176 Å². The molecule has 1 heterocycles. The SMILES string of the molecule is O=C(O)CCC[C@H]1CC[C@@H]2[C@@H](C=C[C@@H](O)COc3ccccc3F)[C@H](O)C[C@@H]2OC1. The Morgan fingerprint density at radius 1 is 1.33 bits per heavy atom. The van der Waals surface area contributed by atoms with Gasteiger partial charge in [0.25, 0.3) is 0 Å². The molecule has 0 bridgehead atoms. The Morgan fingerprint density at radius 3 is 2.90 bits per heavy atom. The van der Waals surface area contributed by atoms with Crippen LogP contribution in [0.3, 0.4) is 0 Å². The number of fused-ring (bicyclic) bond motifs is 1. The molecule has 0 unspecified atom stereocenters. The molecule has 1 aromatic rings. The van der Waals surface area contributed by atoms with Gasteiger partial charge in [-0.25, -0.2) is 4.39 Å². The van der Waals surface area contributed by atoms with Crippen molar-refractivity contribution in [2.45, 2.75) is 56.8 Å². The fourth-order valence-corrected chi connectivity index (χ4v) is 4.53. The third-order valence-corrected chi connectivity index (χ3v) is 6.15. The second-order valence-electron chi connectivity index (χ2n) is 8.34. The molecule has 1 saturated heterocycles. The lowest BCUT2D eigenvalue weighted by molar-refractivity contribution is -0.137. The summed E-state index contributed by atoms with van der Waals surface area (Å²) in [7, 11) is 0. The van der Waals surface area contributed by atoms with Crippen LogP contribution in [-0.4, -0.2) is 52.8 Å². The van der Waals surface area contributed by atoms with E-state index in [2.05, 4.69) is 0 Å². The molecule has 166 valence electrons. The maximum absolute atomic E-state index is 13.6. The topological polar surface area (TPSA) is 96.2 Å². The smallest absolute Gasteiger partial charge is 0.303 e. The van der Waals surface area contributed by atoms with Crippen molar-refractivity contribution in [1.82, 2.24) is 0 Å². The minimum atomic E-state index is -0.911. The summed E-state index contributed by atoms with van der Waals surface area (Å²) < 4.78 is 25.0. The van der Waals surface area contributed by atoms with Crippen LogP contribution in [0, 0.1) is 23.6 Å². The minimum absolute atomic E-state index is 0.0223. The molecule has 30 heavy (non-hydrogen) atoms. The van der Waals surface area contributed by atoms with Crippen LogP contribution in [0.1, 0.15) is 38.5 Å². The van der Waals surface area contributed by atoms with Gasteiger partial charge < -0.3 is 24.8 Å². The van der Waals surface area contributed by atoms with Crippen molar-refractivity contribution in [2.75, 3.05) is 13.2 Å². The van der Waals surface area contributed by atoms with E-state index in [1.165, 1.54) is 12.1 Å². The standard InChI is InChI=1S/C23H31FO6/c24-19-5-1-2-6-21(19)30-14-16(25)9-11-17-18-10-8-15(4-3-7-23(27)28)13-29-22(18)12-20(17)26/h1-2,5-6,9,11,15-18,20,22,25-26H,3-4,7-8,10,12-14H2,(H,27,28)/t15-,16+,17+,18+,20+,22-/m0/s1. The first-order chi connectivity index (χ1) is 14.4. The number of aliphatic hydroxyl groups is 2.